The molecule has 166 valence electrons. The molecule has 32 heavy (non-hydrogen) atoms. The van der Waals surface area contributed by atoms with Crippen LogP contribution in [0, 0.1) is 0 Å². The number of methoxy groups -OCH3 is 1. The van der Waals surface area contributed by atoms with Gasteiger partial charge in [0.1, 0.15) is 11.6 Å². The van der Waals surface area contributed by atoms with Crippen molar-refractivity contribution in [3.05, 3.63) is 72.4 Å². The first-order valence-electron chi connectivity index (χ1n) is 10.2. The van der Waals surface area contributed by atoms with E-state index in [1.165, 1.54) is 44.2 Å². The highest BCUT2D eigenvalue weighted by atomic mass is 32.2. The Morgan fingerprint density at radius 3 is 2.38 bits per heavy atom. The van der Waals surface area contributed by atoms with Crippen molar-refractivity contribution < 1.29 is 17.9 Å². The first-order valence-corrected chi connectivity index (χ1v) is 11.7. The summed E-state index contributed by atoms with van der Waals surface area (Å²) < 4.78 is 33.1. The molecule has 0 aliphatic carbocycles. The van der Waals surface area contributed by atoms with Crippen LogP contribution < -0.4 is 19.7 Å². The molecule has 2 aromatic carbocycles. The van der Waals surface area contributed by atoms with Gasteiger partial charge in [0.2, 0.25) is 0 Å². The number of aromatic nitrogens is 1. The molecule has 4 rings (SSSR count). The fraction of sp³-hybridized carbons (Fsp3) is 0.217. The van der Waals surface area contributed by atoms with Crippen molar-refractivity contribution in [1.82, 2.24) is 4.98 Å². The van der Waals surface area contributed by atoms with Crippen LogP contribution in [0.5, 0.6) is 5.75 Å². The quantitative estimate of drug-likeness (QED) is 0.566. The molecular weight excluding hydrogens is 428 g/mol. The summed E-state index contributed by atoms with van der Waals surface area (Å²) in [6.45, 7) is 2.04. The molecule has 9 heteroatoms. The zero-order valence-electron chi connectivity index (χ0n) is 17.6. The molecule has 0 saturated carbocycles. The molecule has 8 nitrogen and oxygen atoms in total. The van der Waals surface area contributed by atoms with Gasteiger partial charge in [-0.25, -0.2) is 13.4 Å². The Kier molecular flexibility index (Phi) is 6.27. The Bertz CT molecular complexity index is 1190. The maximum atomic E-state index is 12.7. The van der Waals surface area contributed by atoms with Crippen molar-refractivity contribution in [3.63, 3.8) is 0 Å². The minimum Gasteiger partial charge on any atom is -0.495 e. The number of rotatable bonds is 7. The standard InChI is InChI=1S/C23H24N4O4S/c1-31-21-7-3-2-6-20(21)26-32(29,30)19-11-8-17(9-12-19)23(28)25-22-13-10-18(16-24-22)27-14-4-5-15-27/h2-3,6-13,16,26H,4-5,14-15H2,1H3,(H,24,25,28). The van der Waals surface area contributed by atoms with Crippen molar-refractivity contribution >= 4 is 33.1 Å². The fourth-order valence-corrected chi connectivity index (χ4v) is 4.60. The van der Waals surface area contributed by atoms with Crippen molar-refractivity contribution in [1.29, 1.82) is 0 Å². The van der Waals surface area contributed by atoms with Gasteiger partial charge in [-0.3, -0.25) is 9.52 Å². The summed E-state index contributed by atoms with van der Waals surface area (Å²) in [5, 5.41) is 2.74. The van der Waals surface area contributed by atoms with Crippen LogP contribution >= 0.6 is 0 Å². The number of ether oxygens (including phenoxy) is 1. The summed E-state index contributed by atoms with van der Waals surface area (Å²) in [6.07, 6.45) is 4.11. The van der Waals surface area contributed by atoms with Crippen LogP contribution in [0.1, 0.15) is 23.2 Å². The summed E-state index contributed by atoms with van der Waals surface area (Å²) >= 11 is 0. The zero-order valence-corrected chi connectivity index (χ0v) is 18.4. The van der Waals surface area contributed by atoms with Crippen LogP contribution in [0.2, 0.25) is 0 Å². The molecule has 0 unspecified atom stereocenters. The Labute approximate surface area is 187 Å². The molecule has 0 bridgehead atoms. The molecule has 1 saturated heterocycles. The molecule has 3 aromatic rings. The first kappa shape index (κ1) is 21.6. The number of anilines is 3. The van der Waals surface area contributed by atoms with Gasteiger partial charge in [-0.05, 0) is 61.4 Å². The van der Waals surface area contributed by atoms with Crippen LogP contribution in [0.4, 0.5) is 17.2 Å². The normalized spacial score (nSPS) is 13.6. The molecule has 1 aliphatic rings. The average Bonchev–Trinajstić information content (AvgIpc) is 3.35. The molecule has 0 radical (unpaired) electrons. The van der Waals surface area contributed by atoms with E-state index in [-0.39, 0.29) is 10.8 Å². The summed E-state index contributed by atoms with van der Waals surface area (Å²) in [5.41, 5.74) is 1.70. The van der Waals surface area contributed by atoms with Gasteiger partial charge in [-0.1, -0.05) is 12.1 Å². The average molecular weight is 453 g/mol. The molecule has 0 spiro atoms. The lowest BCUT2D eigenvalue weighted by Crippen LogP contribution is -2.18. The van der Waals surface area contributed by atoms with Crippen molar-refractivity contribution in [2.45, 2.75) is 17.7 Å². The van der Waals surface area contributed by atoms with Gasteiger partial charge in [0.25, 0.3) is 15.9 Å². The van der Waals surface area contributed by atoms with Crippen molar-refractivity contribution in [2.75, 3.05) is 35.1 Å². The monoisotopic (exact) mass is 452 g/mol. The predicted molar refractivity (Wildman–Crippen MR) is 124 cm³/mol. The Balaban J connectivity index is 1.43. The highest BCUT2D eigenvalue weighted by Crippen LogP contribution is 2.26. The largest absolute Gasteiger partial charge is 0.495 e. The lowest BCUT2D eigenvalue weighted by Gasteiger charge is -2.17. The van der Waals surface area contributed by atoms with Gasteiger partial charge in [0.15, 0.2) is 0 Å². The molecule has 1 amide bonds. The molecule has 1 aliphatic heterocycles. The zero-order chi connectivity index (χ0) is 22.6. The lowest BCUT2D eigenvalue weighted by molar-refractivity contribution is 0.102. The summed E-state index contributed by atoms with van der Waals surface area (Å²) in [4.78, 5) is 19.2. The molecule has 2 heterocycles. The van der Waals surface area contributed by atoms with Gasteiger partial charge in [0.05, 0.1) is 29.6 Å². The number of hydrogen-bond donors (Lipinski definition) is 2. The maximum Gasteiger partial charge on any atom is 0.262 e. The van der Waals surface area contributed by atoms with E-state index >= 15 is 0 Å². The number of hydrogen-bond acceptors (Lipinski definition) is 6. The number of pyridine rings is 1. The van der Waals surface area contributed by atoms with Gasteiger partial charge in [-0.15, -0.1) is 0 Å². The number of para-hydroxylation sites is 2. The third-order valence-corrected chi connectivity index (χ3v) is 6.62. The number of carbonyl (C=O) groups is 1. The van der Waals surface area contributed by atoms with Crippen LogP contribution in [-0.2, 0) is 10.0 Å². The topological polar surface area (TPSA) is 101 Å². The van der Waals surface area contributed by atoms with E-state index in [1.807, 2.05) is 6.07 Å². The second kappa shape index (κ2) is 9.27. The predicted octanol–water partition coefficient (Wildman–Crippen LogP) is 3.74. The summed E-state index contributed by atoms with van der Waals surface area (Å²) in [7, 11) is -2.37. The molecule has 2 N–H and O–H groups in total. The Morgan fingerprint density at radius 1 is 1.00 bits per heavy atom. The third-order valence-electron chi connectivity index (χ3n) is 5.24. The Hall–Kier alpha value is -3.59. The van der Waals surface area contributed by atoms with E-state index in [4.69, 9.17) is 4.74 Å². The van der Waals surface area contributed by atoms with Gasteiger partial charge in [-0.2, -0.15) is 0 Å². The summed E-state index contributed by atoms with van der Waals surface area (Å²) in [5.74, 6) is 0.482. The Morgan fingerprint density at radius 2 is 1.72 bits per heavy atom. The fourth-order valence-electron chi connectivity index (χ4n) is 3.53. The second-order valence-electron chi connectivity index (χ2n) is 7.38. The van der Waals surface area contributed by atoms with Crippen LogP contribution in [0.3, 0.4) is 0 Å². The molecule has 1 aromatic heterocycles. The highest BCUT2D eigenvalue weighted by Gasteiger charge is 2.18. The van der Waals surface area contributed by atoms with E-state index in [9.17, 15) is 13.2 Å². The minimum absolute atomic E-state index is 0.0352. The number of carbonyl (C=O) groups excluding carboxylic acids is 1. The van der Waals surface area contributed by atoms with E-state index in [0.717, 1.165) is 18.8 Å². The van der Waals surface area contributed by atoms with E-state index in [0.29, 0.717) is 22.8 Å². The minimum atomic E-state index is -3.84. The van der Waals surface area contributed by atoms with Crippen LogP contribution in [-0.4, -0.2) is 39.5 Å². The van der Waals surface area contributed by atoms with Crippen LogP contribution in [0.25, 0.3) is 0 Å². The third kappa shape index (κ3) is 4.83. The number of nitrogens with one attached hydrogen (secondary N) is 2. The number of sulfonamides is 1. The first-order chi connectivity index (χ1) is 15.5. The van der Waals surface area contributed by atoms with Crippen molar-refractivity contribution in [3.8, 4) is 5.75 Å². The van der Waals surface area contributed by atoms with Crippen LogP contribution in [0.15, 0.2) is 71.8 Å². The van der Waals surface area contributed by atoms with E-state index in [2.05, 4.69) is 19.9 Å². The lowest BCUT2D eigenvalue weighted by atomic mass is 10.2. The molecule has 0 atom stereocenters. The van der Waals surface area contributed by atoms with Crippen molar-refractivity contribution in [2.24, 2.45) is 0 Å². The van der Waals surface area contributed by atoms with Gasteiger partial charge >= 0.3 is 0 Å². The number of benzene rings is 2. The molecular formula is C23H24N4O4S. The SMILES string of the molecule is COc1ccccc1NS(=O)(=O)c1ccc(C(=O)Nc2ccc(N3CCCC3)cn2)cc1. The number of nitrogens with zero attached hydrogens (tertiary/aromatic N) is 2. The maximum absolute atomic E-state index is 12.7. The van der Waals surface area contributed by atoms with E-state index < -0.39 is 10.0 Å². The van der Waals surface area contributed by atoms with E-state index in [1.54, 1.807) is 36.5 Å². The second-order valence-corrected chi connectivity index (χ2v) is 9.06. The number of amides is 1. The van der Waals surface area contributed by atoms with Gasteiger partial charge in [0, 0.05) is 18.7 Å². The highest BCUT2D eigenvalue weighted by molar-refractivity contribution is 7.92. The van der Waals surface area contributed by atoms with Gasteiger partial charge < -0.3 is 15.0 Å². The molecule has 1 fully saturated rings. The smallest absolute Gasteiger partial charge is 0.262 e. The summed E-state index contributed by atoms with van der Waals surface area (Å²) in [6, 6.07) is 16.1.